The smallest absolute Gasteiger partial charge is 0.0480 e. The number of aliphatic hydroxyl groups is 1. The molecule has 0 aromatic heterocycles. The monoisotopic (exact) mass is 265 g/mol. The van der Waals surface area contributed by atoms with Gasteiger partial charge in [-0.3, -0.25) is 0 Å². The van der Waals surface area contributed by atoms with Gasteiger partial charge < -0.3 is 10.4 Å². The molecule has 3 heteroatoms. The van der Waals surface area contributed by atoms with Crippen LogP contribution >= 0.6 is 11.6 Å². The fourth-order valence-corrected chi connectivity index (χ4v) is 3.79. The molecule has 2 N–H and O–H groups in total. The Morgan fingerprint density at radius 1 is 1.39 bits per heavy atom. The van der Waals surface area contributed by atoms with Crippen molar-refractivity contribution in [3.05, 3.63) is 34.3 Å². The van der Waals surface area contributed by atoms with Crippen molar-refractivity contribution in [2.75, 3.05) is 6.61 Å². The number of aliphatic hydroxyl groups excluding tert-OH is 1. The molecule has 1 aromatic rings. The maximum Gasteiger partial charge on any atom is 0.0480 e. The summed E-state index contributed by atoms with van der Waals surface area (Å²) in [5, 5.41) is 14.2. The van der Waals surface area contributed by atoms with Gasteiger partial charge in [0.15, 0.2) is 0 Å². The standard InChI is InChI=1S/C15H20ClNO/c1-9-6-10(2-4-14(9)16)12-7-11-3-5-15(17-11)13(12)8-18/h2,4,6,11-13,15,17-18H,3,5,7-8H2,1H3/t11?,12?,13-,15?/m1/s1. The third-order valence-corrected chi connectivity index (χ3v) is 5.09. The summed E-state index contributed by atoms with van der Waals surface area (Å²) in [4.78, 5) is 0. The summed E-state index contributed by atoms with van der Waals surface area (Å²) in [5.74, 6) is 0.828. The van der Waals surface area contributed by atoms with Gasteiger partial charge in [-0.25, -0.2) is 0 Å². The second kappa shape index (κ2) is 4.84. The summed E-state index contributed by atoms with van der Waals surface area (Å²) in [6.07, 6.45) is 3.60. The van der Waals surface area contributed by atoms with Crippen LogP contribution in [0.5, 0.6) is 0 Å². The Kier molecular flexibility index (Phi) is 3.35. The minimum Gasteiger partial charge on any atom is -0.396 e. The second-order valence-corrected chi connectivity index (χ2v) is 6.15. The van der Waals surface area contributed by atoms with Gasteiger partial charge in [0.25, 0.3) is 0 Å². The predicted molar refractivity (Wildman–Crippen MR) is 74.1 cm³/mol. The molecular formula is C15H20ClNO. The fourth-order valence-electron chi connectivity index (χ4n) is 3.67. The fraction of sp³-hybridized carbons (Fsp3) is 0.600. The van der Waals surface area contributed by atoms with Crippen LogP contribution in [0.15, 0.2) is 18.2 Å². The van der Waals surface area contributed by atoms with Gasteiger partial charge in [0, 0.05) is 29.6 Å². The number of hydrogen-bond acceptors (Lipinski definition) is 2. The van der Waals surface area contributed by atoms with Crippen LogP contribution in [0.2, 0.25) is 5.02 Å². The van der Waals surface area contributed by atoms with E-state index in [1.165, 1.54) is 18.4 Å². The van der Waals surface area contributed by atoms with Gasteiger partial charge in [0.05, 0.1) is 0 Å². The maximum absolute atomic E-state index is 9.70. The van der Waals surface area contributed by atoms with Crippen LogP contribution in [0.1, 0.15) is 36.3 Å². The second-order valence-electron chi connectivity index (χ2n) is 5.74. The zero-order valence-electron chi connectivity index (χ0n) is 10.7. The average Bonchev–Trinajstić information content (AvgIpc) is 2.75. The van der Waals surface area contributed by atoms with Gasteiger partial charge in [-0.2, -0.15) is 0 Å². The molecule has 2 aliphatic heterocycles. The Morgan fingerprint density at radius 3 is 2.94 bits per heavy atom. The first-order chi connectivity index (χ1) is 8.69. The molecule has 1 aromatic carbocycles. The van der Waals surface area contributed by atoms with Crippen LogP contribution in [-0.4, -0.2) is 23.8 Å². The van der Waals surface area contributed by atoms with E-state index >= 15 is 0 Å². The molecule has 0 radical (unpaired) electrons. The zero-order chi connectivity index (χ0) is 12.7. The van der Waals surface area contributed by atoms with E-state index in [2.05, 4.69) is 24.4 Å². The SMILES string of the molecule is Cc1cc(C2CC3CCC(N3)[C@@H]2CO)ccc1Cl. The van der Waals surface area contributed by atoms with E-state index in [-0.39, 0.29) is 6.61 Å². The number of nitrogens with one attached hydrogen (secondary N) is 1. The van der Waals surface area contributed by atoms with Crippen molar-refractivity contribution in [1.82, 2.24) is 5.32 Å². The Labute approximate surface area is 113 Å². The summed E-state index contributed by atoms with van der Waals surface area (Å²) >= 11 is 6.10. The molecule has 18 heavy (non-hydrogen) atoms. The van der Waals surface area contributed by atoms with Gasteiger partial charge in [0.1, 0.15) is 0 Å². The third-order valence-electron chi connectivity index (χ3n) is 4.67. The molecule has 4 atom stereocenters. The molecule has 2 nitrogen and oxygen atoms in total. The van der Waals surface area contributed by atoms with Crippen LogP contribution in [0.25, 0.3) is 0 Å². The molecule has 3 unspecified atom stereocenters. The minimum atomic E-state index is 0.275. The molecule has 3 rings (SSSR count). The van der Waals surface area contributed by atoms with Gasteiger partial charge >= 0.3 is 0 Å². The van der Waals surface area contributed by atoms with E-state index in [1.807, 2.05) is 6.07 Å². The van der Waals surface area contributed by atoms with Crippen molar-refractivity contribution in [2.24, 2.45) is 5.92 Å². The minimum absolute atomic E-state index is 0.275. The van der Waals surface area contributed by atoms with Crippen LogP contribution in [-0.2, 0) is 0 Å². The molecule has 2 saturated heterocycles. The van der Waals surface area contributed by atoms with Crippen molar-refractivity contribution >= 4 is 11.6 Å². The lowest BCUT2D eigenvalue weighted by atomic mass is 9.77. The molecule has 0 amide bonds. The quantitative estimate of drug-likeness (QED) is 0.862. The van der Waals surface area contributed by atoms with E-state index in [0.29, 0.717) is 23.9 Å². The Bertz CT molecular complexity index is 448. The molecule has 2 heterocycles. The summed E-state index contributed by atoms with van der Waals surface area (Å²) in [6, 6.07) is 7.45. The molecule has 2 bridgehead atoms. The van der Waals surface area contributed by atoms with Crippen molar-refractivity contribution < 1.29 is 5.11 Å². The lowest BCUT2D eigenvalue weighted by Crippen LogP contribution is -2.45. The van der Waals surface area contributed by atoms with Crippen molar-refractivity contribution in [3.63, 3.8) is 0 Å². The first-order valence-electron chi connectivity index (χ1n) is 6.82. The Hall–Kier alpha value is -0.570. The van der Waals surface area contributed by atoms with Gasteiger partial charge in [0.2, 0.25) is 0 Å². The average molecular weight is 266 g/mol. The molecular weight excluding hydrogens is 246 g/mol. The predicted octanol–water partition coefficient (Wildman–Crippen LogP) is 2.86. The molecule has 0 saturated carbocycles. The first-order valence-corrected chi connectivity index (χ1v) is 7.20. The van der Waals surface area contributed by atoms with Gasteiger partial charge in [-0.1, -0.05) is 23.7 Å². The first kappa shape index (κ1) is 12.5. The van der Waals surface area contributed by atoms with Crippen LogP contribution in [0.4, 0.5) is 0 Å². The highest BCUT2D eigenvalue weighted by atomic mass is 35.5. The van der Waals surface area contributed by atoms with Crippen molar-refractivity contribution in [3.8, 4) is 0 Å². The topological polar surface area (TPSA) is 32.3 Å². The number of aryl methyl sites for hydroxylation is 1. The van der Waals surface area contributed by atoms with Crippen molar-refractivity contribution in [1.29, 1.82) is 0 Å². The lowest BCUT2D eigenvalue weighted by molar-refractivity contribution is 0.144. The summed E-state index contributed by atoms with van der Waals surface area (Å²) in [5.41, 5.74) is 2.48. The van der Waals surface area contributed by atoms with Crippen molar-refractivity contribution in [2.45, 2.75) is 44.2 Å². The maximum atomic E-state index is 9.70. The van der Waals surface area contributed by atoms with E-state index in [0.717, 1.165) is 17.0 Å². The van der Waals surface area contributed by atoms with E-state index in [1.54, 1.807) is 0 Å². The number of halogens is 1. The van der Waals surface area contributed by atoms with Crippen LogP contribution in [0.3, 0.4) is 0 Å². The highest BCUT2D eigenvalue weighted by Crippen LogP contribution is 2.42. The van der Waals surface area contributed by atoms with E-state index < -0.39 is 0 Å². The van der Waals surface area contributed by atoms with E-state index in [4.69, 9.17) is 11.6 Å². The number of fused-ring (bicyclic) bond motifs is 2. The molecule has 2 fully saturated rings. The highest BCUT2D eigenvalue weighted by molar-refractivity contribution is 6.31. The van der Waals surface area contributed by atoms with Crippen LogP contribution < -0.4 is 5.32 Å². The summed E-state index contributed by atoms with van der Waals surface area (Å²) in [7, 11) is 0. The molecule has 0 aliphatic carbocycles. The summed E-state index contributed by atoms with van der Waals surface area (Å²) in [6.45, 7) is 2.33. The van der Waals surface area contributed by atoms with Gasteiger partial charge in [-0.05, 0) is 49.3 Å². The molecule has 2 aliphatic rings. The molecule has 98 valence electrons. The number of rotatable bonds is 2. The van der Waals surface area contributed by atoms with E-state index in [9.17, 15) is 5.11 Å². The number of piperidine rings is 1. The van der Waals surface area contributed by atoms with Crippen LogP contribution in [0, 0.1) is 12.8 Å². The zero-order valence-corrected chi connectivity index (χ0v) is 11.5. The normalized spacial score (nSPS) is 34.8. The molecule has 0 spiro atoms. The third kappa shape index (κ3) is 2.07. The lowest BCUT2D eigenvalue weighted by Gasteiger charge is -2.37. The number of hydrogen-bond donors (Lipinski definition) is 2. The Balaban J connectivity index is 1.91. The highest BCUT2D eigenvalue weighted by Gasteiger charge is 2.41. The summed E-state index contributed by atoms with van der Waals surface area (Å²) < 4.78 is 0. The number of benzene rings is 1. The Morgan fingerprint density at radius 2 is 2.22 bits per heavy atom. The van der Waals surface area contributed by atoms with Gasteiger partial charge in [-0.15, -0.1) is 0 Å². The largest absolute Gasteiger partial charge is 0.396 e.